The van der Waals surface area contributed by atoms with Gasteiger partial charge < -0.3 is 13.9 Å². The molecular formula is C24H19FN4O4S. The second-order valence-electron chi connectivity index (χ2n) is 7.50. The number of fused-ring (bicyclic) bond motifs is 1. The molecule has 2 aromatic carbocycles. The maximum absolute atomic E-state index is 13.2. The van der Waals surface area contributed by atoms with Crippen LogP contribution in [0, 0.1) is 5.82 Å². The second-order valence-corrected chi connectivity index (χ2v) is 8.33. The van der Waals surface area contributed by atoms with Gasteiger partial charge in [-0.2, -0.15) is 0 Å². The fourth-order valence-electron chi connectivity index (χ4n) is 3.40. The van der Waals surface area contributed by atoms with E-state index in [0.717, 1.165) is 27.5 Å². The van der Waals surface area contributed by atoms with Crippen molar-refractivity contribution in [3.05, 3.63) is 77.5 Å². The first-order valence-electron chi connectivity index (χ1n) is 10.4. The van der Waals surface area contributed by atoms with Crippen LogP contribution in [0.15, 0.2) is 64.5 Å². The van der Waals surface area contributed by atoms with Crippen LogP contribution in [0.25, 0.3) is 27.7 Å². The SMILES string of the molecule is COc1ccc(-c2nnc([C@H](C)OC(=O)Cc3csc4nc(-c5ccc(F)cc5)cn34)o2)cc1. The average molecular weight is 479 g/mol. The van der Waals surface area contributed by atoms with Gasteiger partial charge in [-0.05, 0) is 55.5 Å². The molecule has 0 unspecified atom stereocenters. The fraction of sp³-hybridized carbons (Fsp3) is 0.167. The highest BCUT2D eigenvalue weighted by Crippen LogP contribution is 2.26. The first-order chi connectivity index (χ1) is 16.5. The number of nitrogens with zero attached hydrogens (tertiary/aromatic N) is 4. The van der Waals surface area contributed by atoms with Crippen LogP contribution >= 0.6 is 11.3 Å². The molecule has 0 N–H and O–H groups in total. The van der Waals surface area contributed by atoms with Crippen LogP contribution in [0.4, 0.5) is 4.39 Å². The van der Waals surface area contributed by atoms with Gasteiger partial charge in [0.05, 0.1) is 19.2 Å². The summed E-state index contributed by atoms with van der Waals surface area (Å²) in [7, 11) is 1.59. The molecular weight excluding hydrogens is 459 g/mol. The summed E-state index contributed by atoms with van der Waals surface area (Å²) in [5, 5.41) is 9.91. The minimum atomic E-state index is -0.710. The number of esters is 1. The van der Waals surface area contributed by atoms with Crippen molar-refractivity contribution in [1.82, 2.24) is 19.6 Å². The Morgan fingerprint density at radius 2 is 1.85 bits per heavy atom. The van der Waals surface area contributed by atoms with Gasteiger partial charge in [-0.1, -0.05) is 0 Å². The summed E-state index contributed by atoms with van der Waals surface area (Å²) >= 11 is 1.41. The molecule has 0 fully saturated rings. The van der Waals surface area contributed by atoms with Gasteiger partial charge in [-0.3, -0.25) is 9.20 Å². The lowest BCUT2D eigenvalue weighted by molar-refractivity contribution is -0.148. The number of imidazole rings is 1. The van der Waals surface area contributed by atoms with Crippen molar-refractivity contribution >= 4 is 22.3 Å². The van der Waals surface area contributed by atoms with Crippen LogP contribution in [-0.4, -0.2) is 32.7 Å². The predicted octanol–water partition coefficient (Wildman–Crippen LogP) is 5.11. The molecule has 10 heteroatoms. The van der Waals surface area contributed by atoms with E-state index in [9.17, 15) is 9.18 Å². The van der Waals surface area contributed by atoms with Gasteiger partial charge in [0.25, 0.3) is 5.89 Å². The molecule has 5 rings (SSSR count). The molecule has 0 spiro atoms. The van der Waals surface area contributed by atoms with E-state index in [-0.39, 0.29) is 18.1 Å². The Hall–Kier alpha value is -4.05. The van der Waals surface area contributed by atoms with Gasteiger partial charge in [-0.15, -0.1) is 21.5 Å². The summed E-state index contributed by atoms with van der Waals surface area (Å²) in [6.45, 7) is 1.68. The largest absolute Gasteiger partial charge is 0.497 e. The summed E-state index contributed by atoms with van der Waals surface area (Å²) in [6, 6.07) is 13.3. The van der Waals surface area contributed by atoms with Gasteiger partial charge >= 0.3 is 5.97 Å². The van der Waals surface area contributed by atoms with Gasteiger partial charge in [0.1, 0.15) is 11.6 Å². The number of thiazole rings is 1. The van der Waals surface area contributed by atoms with Crippen LogP contribution in [0.1, 0.15) is 24.6 Å². The topological polar surface area (TPSA) is 91.8 Å². The summed E-state index contributed by atoms with van der Waals surface area (Å²) in [6.07, 6.45) is 1.16. The maximum atomic E-state index is 13.2. The highest BCUT2D eigenvalue weighted by atomic mass is 32.1. The van der Waals surface area contributed by atoms with Gasteiger partial charge in [0, 0.05) is 28.4 Å². The molecule has 0 saturated carbocycles. The Bertz CT molecular complexity index is 1440. The van der Waals surface area contributed by atoms with E-state index in [1.807, 2.05) is 16.0 Å². The lowest BCUT2D eigenvalue weighted by atomic mass is 10.2. The van der Waals surface area contributed by atoms with Gasteiger partial charge in [0.2, 0.25) is 5.89 Å². The average Bonchev–Trinajstić information content (AvgIpc) is 3.57. The highest BCUT2D eigenvalue weighted by Gasteiger charge is 2.21. The Morgan fingerprint density at radius 3 is 2.59 bits per heavy atom. The van der Waals surface area contributed by atoms with Crippen LogP contribution < -0.4 is 4.74 Å². The first-order valence-corrected chi connectivity index (χ1v) is 11.3. The summed E-state index contributed by atoms with van der Waals surface area (Å²) in [5.74, 6) is 0.506. The number of rotatable bonds is 7. The first kappa shape index (κ1) is 21.8. The lowest BCUT2D eigenvalue weighted by Gasteiger charge is -2.09. The molecule has 0 aliphatic heterocycles. The fourth-order valence-corrected chi connectivity index (χ4v) is 4.28. The molecule has 0 aliphatic carbocycles. The summed E-state index contributed by atoms with van der Waals surface area (Å²) in [5.41, 5.74) is 2.97. The predicted molar refractivity (Wildman–Crippen MR) is 123 cm³/mol. The Balaban J connectivity index is 1.26. The number of methoxy groups -OCH3 is 1. The quantitative estimate of drug-likeness (QED) is 0.300. The van der Waals surface area contributed by atoms with E-state index in [1.165, 1.54) is 23.5 Å². The van der Waals surface area contributed by atoms with Crippen molar-refractivity contribution in [2.75, 3.05) is 7.11 Å². The zero-order valence-corrected chi connectivity index (χ0v) is 19.1. The molecule has 3 aromatic heterocycles. The van der Waals surface area contributed by atoms with Crippen molar-refractivity contribution in [3.8, 4) is 28.5 Å². The number of carbonyl (C=O) groups excluding carboxylic acids is 1. The molecule has 5 aromatic rings. The molecule has 0 aliphatic rings. The number of aromatic nitrogens is 4. The van der Waals surface area contributed by atoms with Crippen molar-refractivity contribution in [2.24, 2.45) is 0 Å². The Morgan fingerprint density at radius 1 is 1.12 bits per heavy atom. The minimum Gasteiger partial charge on any atom is -0.497 e. The summed E-state index contributed by atoms with van der Waals surface area (Å²) < 4.78 is 31.4. The van der Waals surface area contributed by atoms with E-state index in [4.69, 9.17) is 13.9 Å². The molecule has 34 heavy (non-hydrogen) atoms. The zero-order valence-electron chi connectivity index (χ0n) is 18.3. The monoisotopic (exact) mass is 478 g/mol. The molecule has 172 valence electrons. The van der Waals surface area contributed by atoms with Crippen molar-refractivity contribution < 1.29 is 23.1 Å². The number of hydrogen-bond acceptors (Lipinski definition) is 8. The lowest BCUT2D eigenvalue weighted by Crippen LogP contribution is -2.12. The molecule has 8 nitrogen and oxygen atoms in total. The Labute approximate surface area is 197 Å². The van der Waals surface area contributed by atoms with E-state index in [1.54, 1.807) is 50.4 Å². The van der Waals surface area contributed by atoms with E-state index in [2.05, 4.69) is 15.2 Å². The normalized spacial score (nSPS) is 12.1. The van der Waals surface area contributed by atoms with Crippen LogP contribution in [0.2, 0.25) is 0 Å². The number of benzene rings is 2. The van der Waals surface area contributed by atoms with E-state index < -0.39 is 12.1 Å². The van der Waals surface area contributed by atoms with Crippen molar-refractivity contribution in [3.63, 3.8) is 0 Å². The third kappa shape index (κ3) is 4.40. The number of ether oxygens (including phenoxy) is 2. The standard InChI is InChI=1S/C24H19FN4O4S/c1-14(22-27-28-23(33-22)16-5-9-19(31-2)10-6-16)32-21(30)11-18-13-34-24-26-20(12-29(18)24)15-3-7-17(25)8-4-15/h3-10,12-14H,11H2,1-2H3/t14-/m0/s1. The van der Waals surface area contributed by atoms with Crippen molar-refractivity contribution in [2.45, 2.75) is 19.4 Å². The molecule has 0 bridgehead atoms. The highest BCUT2D eigenvalue weighted by molar-refractivity contribution is 7.15. The molecule has 0 radical (unpaired) electrons. The molecule has 1 atom stereocenters. The molecule has 0 saturated heterocycles. The third-order valence-electron chi connectivity index (χ3n) is 5.18. The second kappa shape index (κ2) is 9.06. The smallest absolute Gasteiger partial charge is 0.312 e. The van der Waals surface area contributed by atoms with Gasteiger partial charge in [0.15, 0.2) is 11.1 Å². The maximum Gasteiger partial charge on any atom is 0.312 e. The van der Waals surface area contributed by atoms with Gasteiger partial charge in [-0.25, -0.2) is 9.37 Å². The summed E-state index contributed by atoms with van der Waals surface area (Å²) in [4.78, 5) is 17.9. The zero-order chi connectivity index (χ0) is 23.7. The molecule has 0 amide bonds. The molecule has 3 heterocycles. The number of hydrogen-bond donors (Lipinski definition) is 0. The van der Waals surface area contributed by atoms with E-state index in [0.29, 0.717) is 11.6 Å². The van der Waals surface area contributed by atoms with Crippen molar-refractivity contribution in [1.29, 1.82) is 0 Å². The van der Waals surface area contributed by atoms with Crippen LogP contribution in [0.3, 0.4) is 0 Å². The van der Waals surface area contributed by atoms with E-state index >= 15 is 0 Å². The third-order valence-corrected chi connectivity index (χ3v) is 6.07. The van der Waals surface area contributed by atoms with Crippen LogP contribution in [0.5, 0.6) is 5.75 Å². The minimum absolute atomic E-state index is 0.0447. The number of halogens is 1. The Kier molecular flexibility index (Phi) is 5.81. The number of carbonyl (C=O) groups is 1. The van der Waals surface area contributed by atoms with Crippen LogP contribution in [-0.2, 0) is 16.0 Å².